The number of amides is 3. The van der Waals surface area contributed by atoms with Crippen LogP contribution in [0, 0.1) is 11.8 Å². The standard InChI is InChI=1S/C20H23N3O4S/c1-21-12-20-5-3-14(27-20)15(16(20)19(21)26)18(25)23-7-2-6-22(8-9-23)17(24)13-4-10-28-11-13/h3-5,10-11,14-16H,2,6-9,12H2,1H3/t14-,15-,16+,20-/m0/s1. The van der Waals surface area contributed by atoms with Crippen LogP contribution in [0.25, 0.3) is 0 Å². The van der Waals surface area contributed by atoms with E-state index in [0.717, 1.165) is 6.42 Å². The summed E-state index contributed by atoms with van der Waals surface area (Å²) in [6, 6.07) is 1.83. The lowest BCUT2D eigenvalue weighted by atomic mass is 9.76. The van der Waals surface area contributed by atoms with Gasteiger partial charge in [0.1, 0.15) is 5.60 Å². The van der Waals surface area contributed by atoms with Crippen molar-refractivity contribution in [3.8, 4) is 0 Å². The van der Waals surface area contributed by atoms with E-state index >= 15 is 0 Å². The molecule has 5 heterocycles. The lowest BCUT2D eigenvalue weighted by Crippen LogP contribution is -2.47. The van der Waals surface area contributed by atoms with Gasteiger partial charge in [-0.3, -0.25) is 14.4 Å². The predicted molar refractivity (Wildman–Crippen MR) is 103 cm³/mol. The van der Waals surface area contributed by atoms with Gasteiger partial charge in [0.15, 0.2) is 0 Å². The average molecular weight is 401 g/mol. The maximum Gasteiger partial charge on any atom is 0.254 e. The molecular formula is C20H23N3O4S. The molecule has 4 aliphatic rings. The SMILES string of the molecule is CN1C[C@]23C=C[C@H](O2)[C@H](C(=O)N2CCCN(C(=O)c4ccsc4)CC2)[C@@H]3C1=O. The van der Waals surface area contributed by atoms with Gasteiger partial charge in [-0.2, -0.15) is 11.3 Å². The van der Waals surface area contributed by atoms with E-state index in [9.17, 15) is 14.4 Å². The van der Waals surface area contributed by atoms with E-state index < -0.39 is 17.4 Å². The molecule has 4 atom stereocenters. The molecule has 1 aromatic rings. The van der Waals surface area contributed by atoms with Gasteiger partial charge in [0.2, 0.25) is 11.8 Å². The topological polar surface area (TPSA) is 70.2 Å². The third-order valence-corrected chi connectivity index (χ3v) is 7.12. The Kier molecular flexibility index (Phi) is 4.10. The number of hydrogen-bond acceptors (Lipinski definition) is 5. The molecular weight excluding hydrogens is 378 g/mol. The molecule has 5 rings (SSSR count). The van der Waals surface area contributed by atoms with E-state index in [1.807, 2.05) is 38.8 Å². The monoisotopic (exact) mass is 401 g/mol. The van der Waals surface area contributed by atoms with Crippen LogP contribution in [0.5, 0.6) is 0 Å². The number of likely N-dealkylation sites (tertiary alicyclic amines) is 1. The Labute approximate surface area is 167 Å². The normalized spacial score (nSPS) is 34.1. The Hall–Kier alpha value is -2.19. The molecule has 1 aromatic heterocycles. The van der Waals surface area contributed by atoms with Gasteiger partial charge in [-0.05, 0) is 17.9 Å². The Bertz CT molecular complexity index is 854. The molecule has 0 radical (unpaired) electrons. The maximum atomic E-state index is 13.4. The van der Waals surface area contributed by atoms with Crippen molar-refractivity contribution in [3.63, 3.8) is 0 Å². The molecule has 3 fully saturated rings. The van der Waals surface area contributed by atoms with Gasteiger partial charge < -0.3 is 19.4 Å². The Morgan fingerprint density at radius 1 is 1.21 bits per heavy atom. The number of thiophene rings is 1. The van der Waals surface area contributed by atoms with Gasteiger partial charge in [0.25, 0.3) is 5.91 Å². The Morgan fingerprint density at radius 3 is 2.79 bits per heavy atom. The highest BCUT2D eigenvalue weighted by Crippen LogP contribution is 2.52. The van der Waals surface area contributed by atoms with Crippen LogP contribution in [0.2, 0.25) is 0 Å². The average Bonchev–Trinajstić information content (AvgIpc) is 3.41. The maximum absolute atomic E-state index is 13.4. The summed E-state index contributed by atoms with van der Waals surface area (Å²) < 4.78 is 6.10. The third-order valence-electron chi connectivity index (χ3n) is 6.44. The number of likely N-dealkylation sites (N-methyl/N-ethyl adjacent to an activating group) is 1. The molecule has 28 heavy (non-hydrogen) atoms. The minimum Gasteiger partial charge on any atom is -0.360 e. The molecule has 148 valence electrons. The van der Waals surface area contributed by atoms with Crippen molar-refractivity contribution in [2.45, 2.75) is 18.1 Å². The van der Waals surface area contributed by atoms with Crippen molar-refractivity contribution in [3.05, 3.63) is 34.5 Å². The van der Waals surface area contributed by atoms with Crippen LogP contribution < -0.4 is 0 Å². The summed E-state index contributed by atoms with van der Waals surface area (Å²) >= 11 is 1.51. The minimum absolute atomic E-state index is 0.00529. The first-order valence-corrected chi connectivity index (χ1v) is 10.7. The third kappa shape index (κ3) is 2.54. The second kappa shape index (κ2) is 6.42. The molecule has 0 aliphatic carbocycles. The molecule has 0 saturated carbocycles. The van der Waals surface area contributed by atoms with Crippen LogP contribution in [0.4, 0.5) is 0 Å². The fraction of sp³-hybridized carbons (Fsp3) is 0.550. The summed E-state index contributed by atoms with van der Waals surface area (Å²) in [5, 5.41) is 3.76. The Morgan fingerprint density at radius 2 is 2.00 bits per heavy atom. The summed E-state index contributed by atoms with van der Waals surface area (Å²) in [6.45, 7) is 2.75. The highest BCUT2D eigenvalue weighted by molar-refractivity contribution is 7.08. The van der Waals surface area contributed by atoms with Crippen molar-refractivity contribution in [2.75, 3.05) is 39.8 Å². The van der Waals surface area contributed by atoms with Crippen molar-refractivity contribution >= 4 is 29.1 Å². The summed E-state index contributed by atoms with van der Waals surface area (Å²) in [6.07, 6.45) is 4.33. The van der Waals surface area contributed by atoms with E-state index in [0.29, 0.717) is 38.3 Å². The smallest absolute Gasteiger partial charge is 0.254 e. The predicted octanol–water partition coefficient (Wildman–Crippen LogP) is 0.834. The van der Waals surface area contributed by atoms with Gasteiger partial charge in [-0.15, -0.1) is 0 Å². The Balaban J connectivity index is 1.31. The van der Waals surface area contributed by atoms with Crippen molar-refractivity contribution < 1.29 is 19.1 Å². The molecule has 4 aliphatic heterocycles. The van der Waals surface area contributed by atoms with E-state index in [4.69, 9.17) is 4.74 Å². The van der Waals surface area contributed by atoms with Gasteiger partial charge in [0, 0.05) is 38.6 Å². The van der Waals surface area contributed by atoms with E-state index in [1.54, 1.807) is 11.9 Å². The molecule has 3 amide bonds. The number of ether oxygens (including phenoxy) is 1. The van der Waals surface area contributed by atoms with Crippen LogP contribution in [-0.4, -0.2) is 83.9 Å². The number of fused-ring (bicyclic) bond motifs is 1. The van der Waals surface area contributed by atoms with Crippen LogP contribution >= 0.6 is 11.3 Å². The molecule has 0 aromatic carbocycles. The highest BCUT2D eigenvalue weighted by atomic mass is 32.1. The molecule has 8 heteroatoms. The molecule has 0 unspecified atom stereocenters. The van der Waals surface area contributed by atoms with Gasteiger partial charge in [0.05, 0.1) is 30.0 Å². The number of carbonyl (C=O) groups excluding carboxylic acids is 3. The summed E-state index contributed by atoms with van der Waals surface area (Å²) in [5.41, 5.74) is 0.0711. The van der Waals surface area contributed by atoms with E-state index in [-0.39, 0.29) is 23.8 Å². The zero-order valence-electron chi connectivity index (χ0n) is 15.7. The number of carbonyl (C=O) groups is 3. The zero-order chi connectivity index (χ0) is 19.5. The van der Waals surface area contributed by atoms with Crippen molar-refractivity contribution in [1.82, 2.24) is 14.7 Å². The quantitative estimate of drug-likeness (QED) is 0.689. The van der Waals surface area contributed by atoms with Gasteiger partial charge in [-0.1, -0.05) is 12.2 Å². The number of hydrogen-bond donors (Lipinski definition) is 0. The van der Waals surface area contributed by atoms with Gasteiger partial charge in [-0.25, -0.2) is 0 Å². The number of rotatable bonds is 2. The van der Waals surface area contributed by atoms with Crippen LogP contribution in [-0.2, 0) is 14.3 Å². The molecule has 0 N–H and O–H groups in total. The van der Waals surface area contributed by atoms with Crippen LogP contribution in [0.3, 0.4) is 0 Å². The van der Waals surface area contributed by atoms with Crippen molar-refractivity contribution in [2.24, 2.45) is 11.8 Å². The first-order chi connectivity index (χ1) is 13.5. The van der Waals surface area contributed by atoms with E-state index in [1.165, 1.54) is 11.3 Å². The summed E-state index contributed by atoms with van der Waals surface area (Å²) in [4.78, 5) is 44.0. The fourth-order valence-electron chi connectivity index (χ4n) is 5.09. The first kappa shape index (κ1) is 17.9. The van der Waals surface area contributed by atoms with E-state index in [2.05, 4.69) is 0 Å². The molecule has 2 bridgehead atoms. The largest absolute Gasteiger partial charge is 0.360 e. The second-order valence-corrected chi connectivity index (χ2v) is 8.86. The second-order valence-electron chi connectivity index (χ2n) is 8.08. The minimum atomic E-state index is -0.635. The molecule has 7 nitrogen and oxygen atoms in total. The zero-order valence-corrected chi connectivity index (χ0v) is 16.6. The highest BCUT2D eigenvalue weighted by Gasteiger charge is 2.66. The lowest BCUT2D eigenvalue weighted by molar-refractivity contribution is -0.142. The lowest BCUT2D eigenvalue weighted by Gasteiger charge is -2.29. The van der Waals surface area contributed by atoms with Crippen LogP contribution in [0.15, 0.2) is 29.0 Å². The van der Waals surface area contributed by atoms with Crippen LogP contribution in [0.1, 0.15) is 16.8 Å². The summed E-state index contributed by atoms with van der Waals surface area (Å²) in [5.74, 6) is -0.884. The summed E-state index contributed by atoms with van der Waals surface area (Å²) in [7, 11) is 1.77. The van der Waals surface area contributed by atoms with Crippen molar-refractivity contribution in [1.29, 1.82) is 0 Å². The number of nitrogens with zero attached hydrogens (tertiary/aromatic N) is 3. The molecule has 3 saturated heterocycles. The molecule has 1 spiro atoms. The fourth-order valence-corrected chi connectivity index (χ4v) is 5.72. The van der Waals surface area contributed by atoms with Gasteiger partial charge >= 0.3 is 0 Å². The first-order valence-electron chi connectivity index (χ1n) is 9.73.